The largest absolute Gasteiger partial charge is 0.467 e. The Morgan fingerprint density at radius 1 is 1.35 bits per heavy atom. The van der Waals surface area contributed by atoms with E-state index in [2.05, 4.69) is 5.32 Å². The van der Waals surface area contributed by atoms with Gasteiger partial charge >= 0.3 is 12.0 Å². The maximum Gasteiger partial charge on any atom is 0.328 e. The zero-order valence-corrected chi connectivity index (χ0v) is 12.5. The summed E-state index contributed by atoms with van der Waals surface area (Å²) in [6.45, 7) is 4.61. The van der Waals surface area contributed by atoms with E-state index in [9.17, 15) is 14.4 Å². The zero-order valence-electron chi connectivity index (χ0n) is 12.5. The molecule has 0 radical (unpaired) electrons. The molecule has 0 aliphatic carbocycles. The number of nitrogens with one attached hydrogen (secondary N) is 1. The van der Waals surface area contributed by atoms with E-state index in [-0.39, 0.29) is 24.3 Å². The summed E-state index contributed by atoms with van der Waals surface area (Å²) >= 11 is 0. The van der Waals surface area contributed by atoms with Crippen molar-refractivity contribution in [2.75, 3.05) is 20.2 Å². The van der Waals surface area contributed by atoms with Gasteiger partial charge in [-0.25, -0.2) is 9.59 Å². The molecule has 114 valence electrons. The van der Waals surface area contributed by atoms with Gasteiger partial charge < -0.3 is 15.0 Å². The van der Waals surface area contributed by atoms with Crippen LogP contribution in [0, 0.1) is 5.92 Å². The molecule has 2 amide bonds. The van der Waals surface area contributed by atoms with Crippen LogP contribution in [0.15, 0.2) is 0 Å². The van der Waals surface area contributed by atoms with Crippen molar-refractivity contribution in [1.82, 2.24) is 10.2 Å². The molecular formula is C14H24N2O4. The first-order chi connectivity index (χ1) is 9.43. The van der Waals surface area contributed by atoms with Gasteiger partial charge in [-0.2, -0.15) is 0 Å². The highest BCUT2D eigenvalue weighted by Crippen LogP contribution is 2.10. The number of hydrogen-bond donors (Lipinski definition) is 1. The topological polar surface area (TPSA) is 75.7 Å². The van der Waals surface area contributed by atoms with E-state index in [0.29, 0.717) is 19.4 Å². The Balaban J connectivity index is 2.64. The van der Waals surface area contributed by atoms with Crippen molar-refractivity contribution in [3.05, 3.63) is 0 Å². The highest BCUT2D eigenvalue weighted by molar-refractivity contribution is 5.88. The summed E-state index contributed by atoms with van der Waals surface area (Å²) < 4.78 is 4.71. The maximum absolute atomic E-state index is 12.2. The molecule has 1 aliphatic rings. The molecule has 0 unspecified atom stereocenters. The molecule has 0 aromatic carbocycles. The lowest BCUT2D eigenvalue weighted by atomic mass is 10.0. The lowest BCUT2D eigenvalue weighted by molar-refractivity contribution is -0.143. The number of nitrogens with zero attached hydrogens (tertiary/aromatic N) is 1. The van der Waals surface area contributed by atoms with Crippen LogP contribution < -0.4 is 5.32 Å². The molecule has 1 rings (SSSR count). The highest BCUT2D eigenvalue weighted by atomic mass is 16.5. The SMILES string of the molecule is COC(=O)[C@H](CC(C)C)NC(=O)N1CCCCC(=O)C1. The number of rotatable bonds is 4. The fourth-order valence-electron chi connectivity index (χ4n) is 2.24. The van der Waals surface area contributed by atoms with Gasteiger partial charge in [0.05, 0.1) is 13.7 Å². The van der Waals surface area contributed by atoms with E-state index >= 15 is 0 Å². The number of carbonyl (C=O) groups is 3. The van der Waals surface area contributed by atoms with Crippen molar-refractivity contribution in [3.8, 4) is 0 Å². The van der Waals surface area contributed by atoms with Crippen LogP contribution in [-0.4, -0.2) is 48.9 Å². The smallest absolute Gasteiger partial charge is 0.328 e. The molecular weight excluding hydrogens is 260 g/mol. The molecule has 6 heteroatoms. The second-order valence-corrected chi connectivity index (χ2v) is 5.57. The van der Waals surface area contributed by atoms with Gasteiger partial charge in [0.25, 0.3) is 0 Å². The number of amides is 2. The van der Waals surface area contributed by atoms with Crippen LogP contribution in [0.3, 0.4) is 0 Å². The number of urea groups is 1. The number of Topliss-reactive ketones (excluding diaryl/α,β-unsaturated/α-hetero) is 1. The van der Waals surface area contributed by atoms with E-state index < -0.39 is 12.0 Å². The van der Waals surface area contributed by atoms with Gasteiger partial charge in [-0.05, 0) is 25.2 Å². The monoisotopic (exact) mass is 284 g/mol. The Morgan fingerprint density at radius 3 is 2.65 bits per heavy atom. The van der Waals surface area contributed by atoms with Gasteiger partial charge in [-0.1, -0.05) is 13.8 Å². The number of methoxy groups -OCH3 is 1. The Bertz CT molecular complexity index is 368. The fourth-order valence-corrected chi connectivity index (χ4v) is 2.24. The number of hydrogen-bond acceptors (Lipinski definition) is 4. The molecule has 0 aromatic rings. The minimum Gasteiger partial charge on any atom is -0.467 e. The maximum atomic E-state index is 12.2. The molecule has 20 heavy (non-hydrogen) atoms. The molecule has 1 saturated heterocycles. The lowest BCUT2D eigenvalue weighted by Crippen LogP contribution is -2.49. The van der Waals surface area contributed by atoms with Crippen LogP contribution in [0.5, 0.6) is 0 Å². The molecule has 1 N–H and O–H groups in total. The minimum absolute atomic E-state index is 0.0659. The number of ketones is 1. The van der Waals surface area contributed by atoms with E-state index in [1.54, 1.807) is 0 Å². The summed E-state index contributed by atoms with van der Waals surface area (Å²) in [5, 5.41) is 2.68. The lowest BCUT2D eigenvalue weighted by Gasteiger charge is -2.24. The van der Waals surface area contributed by atoms with Crippen molar-refractivity contribution in [2.24, 2.45) is 5.92 Å². The van der Waals surface area contributed by atoms with Crippen LogP contribution in [-0.2, 0) is 14.3 Å². The van der Waals surface area contributed by atoms with Crippen LogP contribution in [0.1, 0.15) is 39.5 Å². The summed E-state index contributed by atoms with van der Waals surface area (Å²) in [5.41, 5.74) is 0. The second-order valence-electron chi connectivity index (χ2n) is 5.57. The van der Waals surface area contributed by atoms with Crippen LogP contribution in [0.25, 0.3) is 0 Å². The molecule has 6 nitrogen and oxygen atoms in total. The van der Waals surface area contributed by atoms with Gasteiger partial charge in [0.2, 0.25) is 0 Å². The normalized spacial score (nSPS) is 17.6. The van der Waals surface area contributed by atoms with Gasteiger partial charge in [0.1, 0.15) is 6.04 Å². The Morgan fingerprint density at radius 2 is 2.05 bits per heavy atom. The van der Waals surface area contributed by atoms with E-state index in [0.717, 1.165) is 12.8 Å². The van der Waals surface area contributed by atoms with Gasteiger partial charge in [-0.3, -0.25) is 4.79 Å². The average Bonchev–Trinajstić information content (AvgIpc) is 2.61. The Kier molecular flexibility index (Phi) is 6.48. The summed E-state index contributed by atoms with van der Waals surface area (Å²) in [6, 6.07) is -1.03. The van der Waals surface area contributed by atoms with Crippen molar-refractivity contribution in [1.29, 1.82) is 0 Å². The molecule has 1 aliphatic heterocycles. The predicted molar refractivity (Wildman–Crippen MR) is 74.2 cm³/mol. The van der Waals surface area contributed by atoms with Crippen molar-refractivity contribution in [3.63, 3.8) is 0 Å². The summed E-state index contributed by atoms with van der Waals surface area (Å²) in [4.78, 5) is 36.9. The molecule has 1 atom stereocenters. The number of likely N-dealkylation sites (tertiary alicyclic amines) is 1. The minimum atomic E-state index is -0.661. The molecule has 1 fully saturated rings. The Hall–Kier alpha value is -1.59. The zero-order chi connectivity index (χ0) is 15.1. The molecule has 0 spiro atoms. The standard InChI is InChI=1S/C14H24N2O4/c1-10(2)8-12(13(18)20-3)15-14(19)16-7-5-4-6-11(17)9-16/h10,12H,4-9H2,1-3H3,(H,15,19)/t12-/m0/s1. The first kappa shape index (κ1) is 16.5. The van der Waals surface area contributed by atoms with Crippen LogP contribution >= 0.6 is 0 Å². The molecule has 0 bridgehead atoms. The highest BCUT2D eigenvalue weighted by Gasteiger charge is 2.26. The molecule has 0 aromatic heterocycles. The molecule has 1 heterocycles. The first-order valence-corrected chi connectivity index (χ1v) is 7.09. The quantitative estimate of drug-likeness (QED) is 0.790. The van der Waals surface area contributed by atoms with Crippen molar-refractivity contribution < 1.29 is 19.1 Å². The molecule has 0 saturated carbocycles. The predicted octanol–water partition coefficient (Wildman–Crippen LogP) is 1.34. The summed E-state index contributed by atoms with van der Waals surface area (Å²) in [5.74, 6) is -0.130. The summed E-state index contributed by atoms with van der Waals surface area (Å²) in [6.07, 6.45) is 2.66. The van der Waals surface area contributed by atoms with Crippen molar-refractivity contribution >= 4 is 17.8 Å². The van der Waals surface area contributed by atoms with Crippen LogP contribution in [0.2, 0.25) is 0 Å². The Labute approximate surface area is 119 Å². The van der Waals surface area contributed by atoms with Gasteiger partial charge in [-0.15, -0.1) is 0 Å². The van der Waals surface area contributed by atoms with E-state index in [1.165, 1.54) is 12.0 Å². The number of esters is 1. The third kappa shape index (κ3) is 5.19. The van der Waals surface area contributed by atoms with E-state index in [1.807, 2.05) is 13.8 Å². The average molecular weight is 284 g/mol. The fraction of sp³-hybridized carbons (Fsp3) is 0.786. The van der Waals surface area contributed by atoms with Crippen LogP contribution in [0.4, 0.5) is 4.79 Å². The number of carbonyl (C=O) groups excluding carboxylic acids is 3. The number of ether oxygens (including phenoxy) is 1. The van der Waals surface area contributed by atoms with Gasteiger partial charge in [0.15, 0.2) is 5.78 Å². The van der Waals surface area contributed by atoms with E-state index in [4.69, 9.17) is 4.74 Å². The first-order valence-electron chi connectivity index (χ1n) is 7.09. The van der Waals surface area contributed by atoms with Gasteiger partial charge in [0, 0.05) is 13.0 Å². The third-order valence-corrected chi connectivity index (χ3v) is 3.28. The second kappa shape index (κ2) is 7.87. The van der Waals surface area contributed by atoms with Crippen molar-refractivity contribution in [2.45, 2.75) is 45.6 Å². The third-order valence-electron chi connectivity index (χ3n) is 3.28. The summed E-state index contributed by atoms with van der Waals surface area (Å²) in [7, 11) is 1.30.